The Kier molecular flexibility index (Phi) is 4.67. The Hall–Kier alpha value is -3.45. The Morgan fingerprint density at radius 3 is 2.71 bits per heavy atom. The number of hydrogen-bond donors (Lipinski definition) is 0. The third kappa shape index (κ3) is 2.76. The van der Waals surface area contributed by atoms with Gasteiger partial charge in [-0.25, -0.2) is 14.3 Å². The highest BCUT2D eigenvalue weighted by Crippen LogP contribution is 2.23. The van der Waals surface area contributed by atoms with E-state index >= 15 is 0 Å². The second kappa shape index (κ2) is 7.28. The molecule has 0 amide bonds. The number of fused-ring (bicyclic) bond motifs is 2. The Labute approximate surface area is 160 Å². The summed E-state index contributed by atoms with van der Waals surface area (Å²) in [5.41, 5.74) is 0.566. The van der Waals surface area contributed by atoms with Crippen molar-refractivity contribution in [3.8, 4) is 5.69 Å². The van der Waals surface area contributed by atoms with E-state index in [-0.39, 0.29) is 18.7 Å². The molecule has 0 saturated carbocycles. The monoisotopic (exact) mass is 376 g/mol. The third-order valence-electron chi connectivity index (χ3n) is 4.75. The number of rotatable bonds is 6. The summed E-state index contributed by atoms with van der Waals surface area (Å²) >= 11 is 0. The fraction of sp³-hybridized carbons (Fsp3) is 0.190. The number of methoxy groups -OCH3 is 1. The summed E-state index contributed by atoms with van der Waals surface area (Å²) in [4.78, 5) is 30.8. The molecule has 0 N–H and O–H groups in total. The van der Waals surface area contributed by atoms with E-state index < -0.39 is 5.69 Å². The number of imidazole rings is 1. The van der Waals surface area contributed by atoms with Gasteiger partial charge in [0.1, 0.15) is 0 Å². The van der Waals surface area contributed by atoms with E-state index in [0.29, 0.717) is 23.4 Å². The lowest BCUT2D eigenvalue weighted by atomic mass is 10.1. The van der Waals surface area contributed by atoms with E-state index in [9.17, 15) is 9.59 Å². The van der Waals surface area contributed by atoms with Gasteiger partial charge in [-0.15, -0.1) is 6.58 Å². The molecule has 0 unspecified atom stereocenters. The van der Waals surface area contributed by atoms with Crippen molar-refractivity contribution in [2.24, 2.45) is 0 Å². The molecule has 0 bridgehead atoms. The summed E-state index contributed by atoms with van der Waals surface area (Å²) < 4.78 is 9.51. The van der Waals surface area contributed by atoms with Crippen molar-refractivity contribution in [2.45, 2.75) is 13.1 Å². The molecule has 0 aliphatic carbocycles. The first-order chi connectivity index (χ1) is 13.7. The van der Waals surface area contributed by atoms with Gasteiger partial charge in [0.25, 0.3) is 5.56 Å². The van der Waals surface area contributed by atoms with Crippen molar-refractivity contribution in [1.29, 1.82) is 0 Å². The van der Waals surface area contributed by atoms with Gasteiger partial charge >= 0.3 is 5.69 Å². The molecule has 0 aliphatic rings. The van der Waals surface area contributed by atoms with Crippen molar-refractivity contribution in [2.75, 3.05) is 13.7 Å². The first-order valence-corrected chi connectivity index (χ1v) is 8.96. The van der Waals surface area contributed by atoms with E-state index in [0.717, 1.165) is 10.8 Å². The van der Waals surface area contributed by atoms with Crippen LogP contribution in [0.4, 0.5) is 0 Å². The largest absolute Gasteiger partial charge is 0.383 e. The van der Waals surface area contributed by atoms with E-state index in [2.05, 4.69) is 11.6 Å². The summed E-state index contributed by atoms with van der Waals surface area (Å²) in [5, 5.41) is 1.91. The molecule has 142 valence electrons. The minimum absolute atomic E-state index is 0.161. The topological polar surface area (TPSA) is 71.1 Å². The molecule has 0 radical (unpaired) electrons. The second-order valence-corrected chi connectivity index (χ2v) is 6.42. The van der Waals surface area contributed by atoms with Crippen molar-refractivity contribution in [3.05, 3.63) is 82.3 Å². The van der Waals surface area contributed by atoms with Crippen LogP contribution in [-0.4, -0.2) is 32.4 Å². The number of nitrogens with zero attached hydrogens (tertiary/aromatic N) is 4. The van der Waals surface area contributed by atoms with Gasteiger partial charge in [0.2, 0.25) is 0 Å². The van der Waals surface area contributed by atoms with Gasteiger partial charge in [0, 0.05) is 19.0 Å². The van der Waals surface area contributed by atoms with Crippen LogP contribution in [0.2, 0.25) is 0 Å². The highest BCUT2D eigenvalue weighted by Gasteiger charge is 2.19. The summed E-state index contributed by atoms with van der Waals surface area (Å²) in [7, 11) is 1.54. The lowest BCUT2D eigenvalue weighted by Crippen LogP contribution is -2.41. The summed E-state index contributed by atoms with van der Waals surface area (Å²) in [6.45, 7) is 4.57. The third-order valence-corrected chi connectivity index (χ3v) is 4.75. The second-order valence-electron chi connectivity index (χ2n) is 6.42. The molecule has 4 aromatic rings. The van der Waals surface area contributed by atoms with Crippen LogP contribution in [0, 0.1) is 0 Å². The number of allylic oxidation sites excluding steroid dienone is 1. The van der Waals surface area contributed by atoms with Gasteiger partial charge in [-0.2, -0.15) is 0 Å². The predicted octanol–water partition coefficient (Wildman–Crippen LogP) is 2.33. The fourth-order valence-corrected chi connectivity index (χ4v) is 3.46. The van der Waals surface area contributed by atoms with Crippen LogP contribution in [0.5, 0.6) is 0 Å². The van der Waals surface area contributed by atoms with Crippen molar-refractivity contribution in [3.63, 3.8) is 0 Å². The minimum atomic E-state index is -0.435. The molecule has 0 atom stereocenters. The highest BCUT2D eigenvalue weighted by atomic mass is 16.5. The van der Waals surface area contributed by atoms with E-state index in [1.54, 1.807) is 17.0 Å². The maximum Gasteiger partial charge on any atom is 0.337 e. The zero-order chi connectivity index (χ0) is 19.7. The van der Waals surface area contributed by atoms with Crippen molar-refractivity contribution < 1.29 is 4.74 Å². The zero-order valence-corrected chi connectivity index (χ0v) is 15.5. The summed E-state index contributed by atoms with van der Waals surface area (Å²) in [6.07, 6.45) is 3.25. The van der Waals surface area contributed by atoms with Gasteiger partial charge < -0.3 is 9.30 Å². The smallest absolute Gasteiger partial charge is 0.337 e. The quantitative estimate of drug-likeness (QED) is 0.484. The number of hydrogen-bond acceptors (Lipinski definition) is 4. The first kappa shape index (κ1) is 17.9. The molecule has 2 heterocycles. The predicted molar refractivity (Wildman–Crippen MR) is 109 cm³/mol. The molecule has 2 aromatic carbocycles. The van der Waals surface area contributed by atoms with Crippen molar-refractivity contribution in [1.82, 2.24) is 18.7 Å². The molecule has 0 saturated heterocycles. The normalized spacial score (nSPS) is 11.3. The summed E-state index contributed by atoms with van der Waals surface area (Å²) in [5.74, 6) is 0. The summed E-state index contributed by atoms with van der Waals surface area (Å²) in [6, 6.07) is 13.5. The molecule has 2 aromatic heterocycles. The lowest BCUT2D eigenvalue weighted by molar-refractivity contribution is 0.184. The van der Waals surface area contributed by atoms with Crippen LogP contribution in [0.15, 0.2) is 71.0 Å². The first-order valence-electron chi connectivity index (χ1n) is 8.96. The lowest BCUT2D eigenvalue weighted by Gasteiger charge is -2.14. The van der Waals surface area contributed by atoms with Gasteiger partial charge in [-0.05, 0) is 11.5 Å². The standard InChI is InChI=1S/C21H20N4O3/c1-3-11-23-14-22-19-18(23)20(26)24(12-13-28-2)21(27)25(19)17-10-6-8-15-7-4-5-9-16(15)17/h3-10,14H,1,11-13H2,2H3. The SMILES string of the molecule is C=CCn1cnc2c1c(=O)n(CCOC)c(=O)n2-c1cccc2ccccc12. The maximum atomic E-state index is 13.3. The van der Waals surface area contributed by atoms with Gasteiger partial charge in [-0.3, -0.25) is 9.36 Å². The molecule has 4 rings (SSSR count). The Balaban J connectivity index is 2.14. The van der Waals surface area contributed by atoms with Crippen LogP contribution in [0.25, 0.3) is 27.6 Å². The van der Waals surface area contributed by atoms with Crippen LogP contribution >= 0.6 is 0 Å². The minimum Gasteiger partial charge on any atom is -0.383 e. The average Bonchev–Trinajstić information content (AvgIpc) is 3.12. The van der Waals surface area contributed by atoms with E-state index in [1.807, 2.05) is 42.5 Å². The van der Waals surface area contributed by atoms with Crippen molar-refractivity contribution >= 4 is 21.9 Å². The number of aromatic nitrogens is 4. The van der Waals surface area contributed by atoms with Gasteiger partial charge in [0.15, 0.2) is 11.2 Å². The highest BCUT2D eigenvalue weighted by molar-refractivity contribution is 5.91. The Morgan fingerprint density at radius 2 is 1.93 bits per heavy atom. The molecule has 28 heavy (non-hydrogen) atoms. The molecular formula is C21H20N4O3. The van der Waals surface area contributed by atoms with Crippen LogP contribution in [-0.2, 0) is 17.8 Å². The van der Waals surface area contributed by atoms with Crippen LogP contribution in [0.1, 0.15) is 0 Å². The number of ether oxygens (including phenoxy) is 1. The molecule has 0 fully saturated rings. The Bertz CT molecular complexity index is 1290. The maximum absolute atomic E-state index is 13.3. The van der Waals surface area contributed by atoms with Gasteiger partial charge in [-0.1, -0.05) is 42.5 Å². The van der Waals surface area contributed by atoms with Gasteiger partial charge in [0.05, 0.1) is 25.2 Å². The molecule has 7 heteroatoms. The fourth-order valence-electron chi connectivity index (χ4n) is 3.46. The zero-order valence-electron chi connectivity index (χ0n) is 15.5. The molecule has 0 aliphatic heterocycles. The molecule has 0 spiro atoms. The Morgan fingerprint density at radius 1 is 1.14 bits per heavy atom. The molecular weight excluding hydrogens is 356 g/mol. The molecule has 7 nitrogen and oxygen atoms in total. The number of benzene rings is 2. The average molecular weight is 376 g/mol. The van der Waals surface area contributed by atoms with Crippen LogP contribution < -0.4 is 11.2 Å². The van der Waals surface area contributed by atoms with E-state index in [4.69, 9.17) is 4.74 Å². The van der Waals surface area contributed by atoms with Crippen LogP contribution in [0.3, 0.4) is 0 Å². The van der Waals surface area contributed by atoms with E-state index in [1.165, 1.54) is 16.2 Å².